The predicted molar refractivity (Wildman–Crippen MR) is 135 cm³/mol. The van der Waals surface area contributed by atoms with Gasteiger partial charge < -0.3 is 24.9 Å². The first-order valence-electron chi connectivity index (χ1n) is 11.2. The number of alkyl carbamates (subject to hydrolysis) is 1. The first-order valence-corrected chi connectivity index (χ1v) is 11.6. The Morgan fingerprint density at radius 1 is 1.26 bits per heavy atom. The third-order valence-electron chi connectivity index (χ3n) is 5.54. The van der Waals surface area contributed by atoms with Crippen molar-refractivity contribution in [1.29, 1.82) is 0 Å². The van der Waals surface area contributed by atoms with E-state index in [9.17, 15) is 9.90 Å². The Labute approximate surface area is 209 Å². The minimum absolute atomic E-state index is 0.322. The van der Waals surface area contributed by atoms with Gasteiger partial charge in [-0.25, -0.2) is 9.78 Å². The van der Waals surface area contributed by atoms with Crippen LogP contribution >= 0.6 is 11.6 Å². The van der Waals surface area contributed by atoms with Crippen LogP contribution in [0.25, 0.3) is 11.0 Å². The predicted octanol–water partition coefficient (Wildman–Crippen LogP) is 4.73. The minimum Gasteiger partial charge on any atom is -0.482 e. The molecule has 1 aromatic carbocycles. The Hall–Kier alpha value is -3.49. The summed E-state index contributed by atoms with van der Waals surface area (Å²) in [5, 5.41) is 18.9. The average Bonchev–Trinajstić information content (AvgIpc) is 3.23. The van der Waals surface area contributed by atoms with Crippen molar-refractivity contribution in [3.63, 3.8) is 0 Å². The molecule has 1 amide bonds. The first kappa shape index (κ1) is 24.6. The number of hydrogen-bond acceptors (Lipinski definition) is 6. The molecule has 1 aliphatic rings. The molecule has 1 aliphatic heterocycles. The van der Waals surface area contributed by atoms with Gasteiger partial charge in [-0.05, 0) is 56.7 Å². The average molecular weight is 497 g/mol. The van der Waals surface area contributed by atoms with Crippen molar-refractivity contribution in [3.05, 3.63) is 88.5 Å². The van der Waals surface area contributed by atoms with E-state index in [0.717, 1.165) is 10.9 Å². The van der Waals surface area contributed by atoms with Gasteiger partial charge in [0, 0.05) is 40.4 Å². The van der Waals surface area contributed by atoms with Gasteiger partial charge in [-0.15, -0.1) is 0 Å². The summed E-state index contributed by atoms with van der Waals surface area (Å²) in [5.74, 6) is 0.322. The number of amides is 1. The second-order valence-corrected chi connectivity index (χ2v) is 9.83. The van der Waals surface area contributed by atoms with E-state index >= 15 is 0 Å². The van der Waals surface area contributed by atoms with Crippen molar-refractivity contribution in [2.45, 2.75) is 44.6 Å². The van der Waals surface area contributed by atoms with Crippen molar-refractivity contribution in [1.82, 2.24) is 20.6 Å². The number of fused-ring (bicyclic) bond motifs is 1. The number of aliphatic hydroxyl groups excluding tert-OH is 1. The number of aromatic amines is 1. The van der Waals surface area contributed by atoms with Gasteiger partial charge >= 0.3 is 6.09 Å². The molecule has 0 saturated carbocycles. The number of dihydropyridines is 1. The lowest BCUT2D eigenvalue weighted by Gasteiger charge is -2.38. The molecule has 0 fully saturated rings. The fraction of sp³-hybridized carbons (Fsp3) is 0.308. The summed E-state index contributed by atoms with van der Waals surface area (Å²) >= 11 is 6.05. The van der Waals surface area contributed by atoms with Crippen LogP contribution in [0.5, 0.6) is 0 Å². The van der Waals surface area contributed by atoms with Crippen LogP contribution in [-0.2, 0) is 15.9 Å². The fourth-order valence-electron chi connectivity index (χ4n) is 4.01. The van der Waals surface area contributed by atoms with Crippen LogP contribution < -0.4 is 10.6 Å². The third-order valence-corrected chi connectivity index (χ3v) is 5.79. The number of aromatic nitrogens is 2. The number of hydrogen-bond donors (Lipinski definition) is 4. The molecule has 9 heteroatoms. The zero-order valence-electron chi connectivity index (χ0n) is 20.1. The monoisotopic (exact) mass is 496 g/mol. The number of nitrogens with zero attached hydrogens (tertiary/aromatic N) is 1. The summed E-state index contributed by atoms with van der Waals surface area (Å²) < 4.78 is 11.2. The molecular formula is C26H29ClN4O4. The van der Waals surface area contributed by atoms with E-state index in [2.05, 4.69) is 20.6 Å². The molecule has 0 saturated heterocycles. The van der Waals surface area contributed by atoms with Crippen LogP contribution in [-0.4, -0.2) is 39.5 Å². The molecule has 0 bridgehead atoms. The van der Waals surface area contributed by atoms with Crippen LogP contribution in [0.2, 0.25) is 5.02 Å². The highest BCUT2D eigenvalue weighted by molar-refractivity contribution is 6.30. The van der Waals surface area contributed by atoms with E-state index in [4.69, 9.17) is 21.1 Å². The Morgan fingerprint density at radius 3 is 2.69 bits per heavy atom. The molecule has 3 heterocycles. The fourth-order valence-corrected chi connectivity index (χ4v) is 4.14. The maximum atomic E-state index is 12.8. The second kappa shape index (κ2) is 9.64. The standard InChI is InChI=1S/C26H29ClN4O4/c1-25(2,3)35-24(33)31-26(14-16-7-9-17(27)10-8-16)12-11-19(23(30-26)34-4)21(32)20-15-29-22-18(20)6-5-13-28-22/h5-13,15,21,30,32H,14H2,1-4H3,(H,28,29)(H,31,33). The summed E-state index contributed by atoms with van der Waals surface area (Å²) in [6.07, 6.45) is 5.73. The van der Waals surface area contributed by atoms with Gasteiger partial charge in [0.1, 0.15) is 23.0 Å². The number of ether oxygens (including phenoxy) is 2. The molecule has 0 aliphatic carbocycles. The number of benzene rings is 1. The van der Waals surface area contributed by atoms with E-state index in [1.54, 1.807) is 57.4 Å². The molecule has 4 rings (SSSR count). The van der Waals surface area contributed by atoms with Gasteiger partial charge in [-0.2, -0.15) is 0 Å². The Bertz CT molecular complexity index is 1280. The van der Waals surface area contributed by atoms with Crippen LogP contribution in [0.1, 0.15) is 38.0 Å². The molecule has 0 radical (unpaired) electrons. The number of H-pyrrole nitrogens is 1. The van der Waals surface area contributed by atoms with Crippen LogP contribution in [0.3, 0.4) is 0 Å². The van der Waals surface area contributed by atoms with Crippen molar-refractivity contribution < 1.29 is 19.4 Å². The van der Waals surface area contributed by atoms with Gasteiger partial charge in [0.15, 0.2) is 5.88 Å². The Morgan fingerprint density at radius 2 is 2.00 bits per heavy atom. The number of carbonyl (C=O) groups is 1. The molecule has 0 spiro atoms. The molecule has 184 valence electrons. The minimum atomic E-state index is -1.08. The summed E-state index contributed by atoms with van der Waals surface area (Å²) in [7, 11) is 1.51. The van der Waals surface area contributed by atoms with Crippen LogP contribution in [0.15, 0.2) is 72.4 Å². The zero-order valence-corrected chi connectivity index (χ0v) is 20.8. The normalized spacial score (nSPS) is 18.8. The number of halogens is 1. The van der Waals surface area contributed by atoms with Crippen LogP contribution in [0, 0.1) is 0 Å². The third kappa shape index (κ3) is 5.61. The highest BCUT2D eigenvalue weighted by Crippen LogP contribution is 2.33. The number of pyridine rings is 1. The first-order chi connectivity index (χ1) is 16.6. The Balaban J connectivity index is 1.67. The van der Waals surface area contributed by atoms with E-state index in [1.807, 2.05) is 24.3 Å². The molecule has 2 unspecified atom stereocenters. The zero-order chi connectivity index (χ0) is 25.2. The molecule has 2 atom stereocenters. The maximum absolute atomic E-state index is 12.8. The molecule has 8 nitrogen and oxygen atoms in total. The van der Waals surface area contributed by atoms with Gasteiger partial charge in [0.05, 0.1) is 7.11 Å². The lowest BCUT2D eigenvalue weighted by Crippen LogP contribution is -2.60. The van der Waals surface area contributed by atoms with Gasteiger partial charge in [0.2, 0.25) is 0 Å². The SMILES string of the molecule is COC1=C(C(O)c2c[nH]c3ncccc23)C=CC(Cc2ccc(Cl)cc2)(NC(=O)OC(C)(C)C)N1. The molecule has 2 aromatic heterocycles. The summed E-state index contributed by atoms with van der Waals surface area (Å²) in [5.41, 5.74) is 1.02. The highest BCUT2D eigenvalue weighted by atomic mass is 35.5. The van der Waals surface area contributed by atoms with Crippen LogP contribution in [0.4, 0.5) is 4.79 Å². The summed E-state index contributed by atoms with van der Waals surface area (Å²) in [4.78, 5) is 20.1. The topological polar surface area (TPSA) is 109 Å². The van der Waals surface area contributed by atoms with E-state index in [0.29, 0.717) is 34.1 Å². The molecule has 4 N–H and O–H groups in total. The molecule has 35 heavy (non-hydrogen) atoms. The van der Waals surface area contributed by atoms with E-state index in [-0.39, 0.29) is 0 Å². The van der Waals surface area contributed by atoms with Crippen molar-refractivity contribution in [2.24, 2.45) is 0 Å². The number of carbonyl (C=O) groups excluding carboxylic acids is 1. The van der Waals surface area contributed by atoms with Crippen molar-refractivity contribution in [3.8, 4) is 0 Å². The second-order valence-electron chi connectivity index (χ2n) is 9.39. The van der Waals surface area contributed by atoms with E-state index < -0.39 is 23.5 Å². The van der Waals surface area contributed by atoms with E-state index in [1.165, 1.54) is 7.11 Å². The number of methoxy groups -OCH3 is 1. The van der Waals surface area contributed by atoms with Gasteiger partial charge in [-0.1, -0.05) is 29.8 Å². The lowest BCUT2D eigenvalue weighted by atomic mass is 9.92. The molecule has 3 aromatic rings. The molecular weight excluding hydrogens is 468 g/mol. The van der Waals surface area contributed by atoms with Gasteiger partial charge in [-0.3, -0.25) is 5.32 Å². The Kier molecular flexibility index (Phi) is 6.78. The summed E-state index contributed by atoms with van der Waals surface area (Å²) in [6, 6.07) is 11.1. The quantitative estimate of drug-likeness (QED) is 0.393. The summed E-state index contributed by atoms with van der Waals surface area (Å²) in [6.45, 7) is 5.40. The number of rotatable bonds is 6. The largest absolute Gasteiger partial charge is 0.482 e. The van der Waals surface area contributed by atoms with Crippen molar-refractivity contribution in [2.75, 3.05) is 7.11 Å². The smallest absolute Gasteiger partial charge is 0.409 e. The van der Waals surface area contributed by atoms with Crippen molar-refractivity contribution >= 4 is 28.7 Å². The number of aliphatic hydroxyl groups is 1. The lowest BCUT2D eigenvalue weighted by molar-refractivity contribution is 0.0450. The maximum Gasteiger partial charge on any atom is 0.409 e. The number of nitrogens with one attached hydrogen (secondary N) is 3. The highest BCUT2D eigenvalue weighted by Gasteiger charge is 2.37. The van der Waals surface area contributed by atoms with Gasteiger partial charge in [0.25, 0.3) is 0 Å².